The summed E-state index contributed by atoms with van der Waals surface area (Å²) in [7, 11) is 0. The van der Waals surface area contributed by atoms with E-state index in [2.05, 4.69) is 10.6 Å². The van der Waals surface area contributed by atoms with Crippen LogP contribution in [0.4, 0.5) is 4.79 Å². The minimum Gasteiger partial charge on any atom is -0.467 e. The zero-order chi connectivity index (χ0) is 25.2. The molecule has 0 radical (unpaired) electrons. The molecule has 9 heteroatoms. The van der Waals surface area contributed by atoms with Crippen LogP contribution in [-0.4, -0.2) is 40.7 Å². The van der Waals surface area contributed by atoms with Crippen LogP contribution in [0.15, 0.2) is 88.7 Å². The lowest BCUT2D eigenvalue weighted by molar-refractivity contribution is -0.136. The first-order valence-electron chi connectivity index (χ1n) is 11.7. The molecule has 0 spiro atoms. The lowest BCUT2D eigenvalue weighted by atomic mass is 9.95. The van der Waals surface area contributed by atoms with Gasteiger partial charge in [-0.15, -0.1) is 0 Å². The van der Waals surface area contributed by atoms with Gasteiger partial charge in [0.2, 0.25) is 5.91 Å². The molecule has 3 heterocycles. The monoisotopic (exact) mass is 504 g/mol. The molecule has 0 unspecified atom stereocenters. The Labute approximate surface area is 213 Å². The molecule has 3 aromatic rings. The molecule has 1 aromatic heterocycles. The first-order chi connectivity index (χ1) is 17.5. The number of halogens is 1. The van der Waals surface area contributed by atoms with E-state index in [0.29, 0.717) is 34.2 Å². The fraction of sp³-hybridized carbons (Fsp3) is 0.222. The van der Waals surface area contributed by atoms with E-state index >= 15 is 0 Å². The van der Waals surface area contributed by atoms with Gasteiger partial charge in [-0.3, -0.25) is 14.5 Å². The normalized spacial score (nSPS) is 18.2. The second-order valence-electron chi connectivity index (χ2n) is 8.58. The van der Waals surface area contributed by atoms with E-state index < -0.39 is 12.1 Å². The second-order valence-corrected chi connectivity index (χ2v) is 9.02. The van der Waals surface area contributed by atoms with Crippen LogP contribution in [0.5, 0.6) is 0 Å². The highest BCUT2D eigenvalue weighted by Crippen LogP contribution is 2.39. The van der Waals surface area contributed by atoms with Gasteiger partial charge in [0, 0.05) is 11.6 Å². The second kappa shape index (κ2) is 9.91. The summed E-state index contributed by atoms with van der Waals surface area (Å²) < 4.78 is 5.34. The van der Waals surface area contributed by atoms with E-state index in [-0.39, 0.29) is 30.9 Å². The van der Waals surface area contributed by atoms with E-state index in [4.69, 9.17) is 16.0 Å². The van der Waals surface area contributed by atoms with Gasteiger partial charge in [0.15, 0.2) is 0 Å². The number of rotatable bonds is 7. The van der Waals surface area contributed by atoms with Crippen molar-refractivity contribution in [3.8, 4) is 0 Å². The van der Waals surface area contributed by atoms with Crippen LogP contribution in [-0.2, 0) is 16.1 Å². The Morgan fingerprint density at radius 1 is 1.11 bits per heavy atom. The third kappa shape index (κ3) is 4.35. The fourth-order valence-corrected chi connectivity index (χ4v) is 4.88. The predicted molar refractivity (Wildman–Crippen MR) is 134 cm³/mol. The Hall–Kier alpha value is -4.04. The lowest BCUT2D eigenvalue weighted by Gasteiger charge is -2.32. The highest BCUT2D eigenvalue weighted by Gasteiger charge is 2.47. The smallest absolute Gasteiger partial charge is 0.322 e. The number of benzene rings is 2. The van der Waals surface area contributed by atoms with Crippen molar-refractivity contribution in [2.75, 3.05) is 13.1 Å². The molecule has 36 heavy (non-hydrogen) atoms. The molecule has 2 aliphatic heterocycles. The fourth-order valence-electron chi connectivity index (χ4n) is 4.75. The minimum absolute atomic E-state index is 0.132. The number of nitrogens with zero attached hydrogens (tertiary/aromatic N) is 2. The maximum Gasteiger partial charge on any atom is 0.322 e. The van der Waals surface area contributed by atoms with E-state index in [1.54, 1.807) is 47.6 Å². The van der Waals surface area contributed by atoms with Crippen LogP contribution >= 0.6 is 11.6 Å². The van der Waals surface area contributed by atoms with Crippen LogP contribution in [0.2, 0.25) is 5.02 Å². The molecule has 2 aromatic carbocycles. The number of hydrogen-bond donors (Lipinski definition) is 2. The quantitative estimate of drug-likeness (QED) is 0.505. The van der Waals surface area contributed by atoms with Gasteiger partial charge in [-0.05, 0) is 42.3 Å². The Morgan fingerprint density at radius 3 is 2.53 bits per heavy atom. The number of furan rings is 1. The third-order valence-corrected chi connectivity index (χ3v) is 6.71. The van der Waals surface area contributed by atoms with Gasteiger partial charge >= 0.3 is 6.03 Å². The topological polar surface area (TPSA) is 94.9 Å². The maximum atomic E-state index is 14.0. The minimum atomic E-state index is -0.890. The van der Waals surface area contributed by atoms with Crippen molar-refractivity contribution in [3.05, 3.63) is 106 Å². The summed E-state index contributed by atoms with van der Waals surface area (Å²) in [5.74, 6) is -0.0309. The van der Waals surface area contributed by atoms with E-state index in [1.807, 2.05) is 37.3 Å². The molecule has 0 saturated carbocycles. The summed E-state index contributed by atoms with van der Waals surface area (Å²) in [5, 5.41) is 6.40. The van der Waals surface area contributed by atoms with Crippen molar-refractivity contribution < 1.29 is 18.8 Å². The Kier molecular flexibility index (Phi) is 6.52. The van der Waals surface area contributed by atoms with Crippen molar-refractivity contribution in [3.63, 3.8) is 0 Å². The van der Waals surface area contributed by atoms with Crippen LogP contribution in [0.25, 0.3) is 0 Å². The number of carbonyl (C=O) groups excluding carboxylic acids is 3. The van der Waals surface area contributed by atoms with Gasteiger partial charge in [-0.2, -0.15) is 0 Å². The maximum absolute atomic E-state index is 14.0. The van der Waals surface area contributed by atoms with Gasteiger partial charge in [0.1, 0.15) is 11.8 Å². The highest BCUT2D eigenvalue weighted by molar-refractivity contribution is 6.30. The van der Waals surface area contributed by atoms with Crippen molar-refractivity contribution in [1.29, 1.82) is 0 Å². The molecule has 0 saturated heterocycles. The molecule has 2 atom stereocenters. The summed E-state index contributed by atoms with van der Waals surface area (Å²) in [6.07, 6.45) is 1.54. The average Bonchev–Trinajstić information content (AvgIpc) is 3.52. The number of amides is 4. The van der Waals surface area contributed by atoms with E-state index in [0.717, 1.165) is 5.56 Å². The van der Waals surface area contributed by atoms with Crippen LogP contribution in [0.3, 0.4) is 0 Å². The number of urea groups is 1. The van der Waals surface area contributed by atoms with Crippen LogP contribution in [0, 0.1) is 0 Å². The lowest BCUT2D eigenvalue weighted by Crippen LogP contribution is -2.47. The summed E-state index contributed by atoms with van der Waals surface area (Å²) in [6.45, 7) is 2.57. The molecule has 184 valence electrons. The molecule has 5 rings (SSSR count). The molecular weight excluding hydrogens is 480 g/mol. The molecule has 0 aliphatic carbocycles. The highest BCUT2D eigenvalue weighted by atomic mass is 35.5. The summed E-state index contributed by atoms with van der Waals surface area (Å²) in [6, 6.07) is 17.9. The summed E-state index contributed by atoms with van der Waals surface area (Å²) in [5.41, 5.74) is 2.47. The summed E-state index contributed by atoms with van der Waals surface area (Å²) >= 11 is 6.07. The number of hydrogen-bond acceptors (Lipinski definition) is 4. The molecule has 0 fully saturated rings. The van der Waals surface area contributed by atoms with Gasteiger partial charge in [0.05, 0.1) is 36.7 Å². The largest absolute Gasteiger partial charge is 0.467 e. The van der Waals surface area contributed by atoms with E-state index in [1.165, 1.54) is 4.90 Å². The van der Waals surface area contributed by atoms with Gasteiger partial charge in [0.25, 0.3) is 5.91 Å². The van der Waals surface area contributed by atoms with Gasteiger partial charge in [-0.1, -0.05) is 54.1 Å². The van der Waals surface area contributed by atoms with Crippen molar-refractivity contribution in [2.45, 2.75) is 25.6 Å². The number of nitrogens with one attached hydrogen (secondary N) is 2. The van der Waals surface area contributed by atoms with Crippen LogP contribution < -0.4 is 10.6 Å². The zero-order valence-corrected chi connectivity index (χ0v) is 20.4. The van der Waals surface area contributed by atoms with E-state index in [9.17, 15) is 14.4 Å². The molecule has 8 nitrogen and oxygen atoms in total. The average molecular weight is 505 g/mol. The van der Waals surface area contributed by atoms with Crippen LogP contribution in [0.1, 0.15) is 35.9 Å². The number of likely N-dealkylation sites (N-methyl/N-ethyl adjacent to an activating group) is 1. The standard InChI is InChI=1S/C27H25ClN4O4/c1-2-31-21-16-32(26(34)22(21)23(30-27(31)35)17-10-12-19(28)13-11-17)24(18-7-4-3-5-8-18)25(33)29-15-20-9-6-14-36-20/h3-14,23-24H,2,15-16H2,1H3,(H,29,33)(H,30,35)/t23-,24+/m1/s1. The Balaban J connectivity index is 1.51. The first kappa shape index (κ1) is 23.7. The van der Waals surface area contributed by atoms with Crippen molar-refractivity contribution in [1.82, 2.24) is 20.4 Å². The Bertz CT molecular complexity index is 1310. The predicted octanol–water partition coefficient (Wildman–Crippen LogP) is 4.17. The molecule has 2 aliphatic rings. The first-order valence-corrected chi connectivity index (χ1v) is 12.1. The summed E-state index contributed by atoms with van der Waals surface area (Å²) in [4.78, 5) is 43.5. The molecule has 0 bridgehead atoms. The SMILES string of the molecule is CCN1C(=O)N[C@H](c2ccc(Cl)cc2)C2=C1CN([C@H](C(=O)NCc1ccco1)c1ccccc1)C2=O. The van der Waals surface area contributed by atoms with Gasteiger partial charge < -0.3 is 20.0 Å². The van der Waals surface area contributed by atoms with Crippen molar-refractivity contribution in [2.24, 2.45) is 0 Å². The van der Waals surface area contributed by atoms with Gasteiger partial charge in [-0.25, -0.2) is 4.79 Å². The zero-order valence-electron chi connectivity index (χ0n) is 19.6. The van der Waals surface area contributed by atoms with Crippen molar-refractivity contribution >= 4 is 29.4 Å². The molecular formula is C27H25ClN4O4. The molecule has 2 N–H and O–H groups in total. The third-order valence-electron chi connectivity index (χ3n) is 6.46. The molecule has 4 amide bonds. The Morgan fingerprint density at radius 2 is 1.86 bits per heavy atom. The number of carbonyl (C=O) groups is 3.